The Labute approximate surface area is 114 Å². The van der Waals surface area contributed by atoms with E-state index in [1.807, 2.05) is 6.92 Å². The van der Waals surface area contributed by atoms with Gasteiger partial charge in [-0.1, -0.05) is 11.6 Å². The standard InChI is InChI=1S/C13H12ClFN2S/c1-7-12-4-8(6-17(12)13(18)16-7)10-5-9(14)2-3-11(10)15/h2-3,5,8H,4,6H2,1H3,(H,16,18)/t8-/m1/s1. The quantitative estimate of drug-likeness (QED) is 0.785. The number of benzene rings is 1. The van der Waals surface area contributed by atoms with E-state index in [9.17, 15) is 4.39 Å². The van der Waals surface area contributed by atoms with Gasteiger partial charge in [0.25, 0.3) is 0 Å². The van der Waals surface area contributed by atoms with Crippen LogP contribution in [0.2, 0.25) is 5.02 Å². The fraction of sp³-hybridized carbons (Fsp3) is 0.308. The second-order valence-electron chi connectivity index (χ2n) is 4.68. The Morgan fingerprint density at radius 1 is 1.50 bits per heavy atom. The Kier molecular flexibility index (Phi) is 2.79. The monoisotopic (exact) mass is 282 g/mol. The maximum atomic E-state index is 13.9. The molecule has 1 aromatic heterocycles. The molecule has 1 aliphatic heterocycles. The van der Waals surface area contributed by atoms with E-state index in [1.54, 1.807) is 12.1 Å². The molecule has 2 aromatic rings. The van der Waals surface area contributed by atoms with Gasteiger partial charge >= 0.3 is 0 Å². The van der Waals surface area contributed by atoms with Crippen LogP contribution in [0.25, 0.3) is 0 Å². The van der Waals surface area contributed by atoms with Gasteiger partial charge in [-0.05, 0) is 49.3 Å². The van der Waals surface area contributed by atoms with E-state index in [0.717, 1.165) is 18.7 Å². The molecule has 0 radical (unpaired) electrons. The van der Waals surface area contributed by atoms with E-state index in [1.165, 1.54) is 11.8 Å². The fourth-order valence-electron chi connectivity index (χ4n) is 2.64. The van der Waals surface area contributed by atoms with Crippen LogP contribution >= 0.6 is 23.8 Å². The number of aryl methyl sites for hydroxylation is 1. The highest BCUT2D eigenvalue weighted by molar-refractivity contribution is 7.71. The minimum atomic E-state index is -0.192. The van der Waals surface area contributed by atoms with Crippen LogP contribution < -0.4 is 0 Å². The largest absolute Gasteiger partial charge is 0.335 e. The molecule has 0 unspecified atom stereocenters. The highest BCUT2D eigenvalue weighted by Gasteiger charge is 2.27. The molecular formula is C13H12ClFN2S. The van der Waals surface area contributed by atoms with Crippen molar-refractivity contribution in [1.29, 1.82) is 0 Å². The van der Waals surface area contributed by atoms with Crippen molar-refractivity contribution in [3.63, 3.8) is 0 Å². The Hall–Kier alpha value is -1.13. The lowest BCUT2D eigenvalue weighted by atomic mass is 9.96. The summed E-state index contributed by atoms with van der Waals surface area (Å²) in [6.45, 7) is 2.72. The van der Waals surface area contributed by atoms with Gasteiger partial charge in [-0.3, -0.25) is 0 Å². The average Bonchev–Trinajstić information content (AvgIpc) is 2.86. The number of nitrogens with one attached hydrogen (secondary N) is 1. The Morgan fingerprint density at radius 3 is 3.00 bits per heavy atom. The number of H-pyrrole nitrogens is 1. The summed E-state index contributed by atoms with van der Waals surface area (Å²) >= 11 is 11.2. The van der Waals surface area contributed by atoms with E-state index in [-0.39, 0.29) is 11.7 Å². The summed E-state index contributed by atoms with van der Waals surface area (Å²) < 4.78 is 16.6. The molecule has 1 aliphatic rings. The molecule has 1 N–H and O–H groups in total. The van der Waals surface area contributed by atoms with Gasteiger partial charge in [-0.2, -0.15) is 0 Å². The minimum Gasteiger partial charge on any atom is -0.335 e. The van der Waals surface area contributed by atoms with Crippen LogP contribution in [0.1, 0.15) is 22.9 Å². The lowest BCUT2D eigenvalue weighted by Crippen LogP contribution is -2.04. The first-order valence-corrected chi connectivity index (χ1v) is 6.58. The van der Waals surface area contributed by atoms with Crippen LogP contribution in [0.3, 0.4) is 0 Å². The highest BCUT2D eigenvalue weighted by Crippen LogP contribution is 2.33. The van der Waals surface area contributed by atoms with E-state index < -0.39 is 0 Å². The van der Waals surface area contributed by atoms with Gasteiger partial charge < -0.3 is 9.55 Å². The number of aromatic nitrogens is 2. The van der Waals surface area contributed by atoms with Crippen LogP contribution in [-0.2, 0) is 13.0 Å². The van der Waals surface area contributed by atoms with Gasteiger partial charge in [0.05, 0.1) is 0 Å². The summed E-state index contributed by atoms with van der Waals surface area (Å²) in [7, 11) is 0. The molecular weight excluding hydrogens is 271 g/mol. The van der Waals surface area contributed by atoms with Crippen molar-refractivity contribution in [2.75, 3.05) is 0 Å². The smallest absolute Gasteiger partial charge is 0.177 e. The summed E-state index contributed by atoms with van der Waals surface area (Å²) in [5.74, 6) is -0.0728. The summed E-state index contributed by atoms with van der Waals surface area (Å²) in [6, 6.07) is 4.72. The van der Waals surface area contributed by atoms with Crippen molar-refractivity contribution < 1.29 is 4.39 Å². The number of halogens is 2. The Bertz CT molecular complexity index is 674. The van der Waals surface area contributed by atoms with E-state index in [2.05, 4.69) is 9.55 Å². The zero-order valence-corrected chi connectivity index (χ0v) is 11.4. The Morgan fingerprint density at radius 2 is 2.28 bits per heavy atom. The lowest BCUT2D eigenvalue weighted by Gasteiger charge is -2.11. The Balaban J connectivity index is 2.01. The molecule has 2 heterocycles. The maximum absolute atomic E-state index is 13.9. The van der Waals surface area contributed by atoms with Gasteiger partial charge in [0.2, 0.25) is 0 Å². The number of hydrogen-bond acceptors (Lipinski definition) is 1. The van der Waals surface area contributed by atoms with Crippen LogP contribution in [0.5, 0.6) is 0 Å². The molecule has 0 amide bonds. The number of nitrogens with zero attached hydrogens (tertiary/aromatic N) is 1. The van der Waals surface area contributed by atoms with Gasteiger partial charge in [0.1, 0.15) is 5.82 Å². The minimum absolute atomic E-state index is 0.119. The summed E-state index contributed by atoms with van der Waals surface area (Å²) in [5.41, 5.74) is 2.93. The zero-order valence-electron chi connectivity index (χ0n) is 9.84. The second-order valence-corrected chi connectivity index (χ2v) is 5.50. The predicted molar refractivity (Wildman–Crippen MR) is 72.2 cm³/mol. The number of fused-ring (bicyclic) bond motifs is 1. The molecule has 18 heavy (non-hydrogen) atoms. The zero-order chi connectivity index (χ0) is 12.9. The number of imidazole rings is 1. The molecule has 0 spiro atoms. The van der Waals surface area contributed by atoms with Crippen molar-refractivity contribution in [1.82, 2.24) is 9.55 Å². The fourth-order valence-corrected chi connectivity index (χ4v) is 3.15. The first kappa shape index (κ1) is 11.9. The van der Waals surface area contributed by atoms with Crippen molar-refractivity contribution >= 4 is 23.8 Å². The van der Waals surface area contributed by atoms with Crippen LogP contribution in [0, 0.1) is 17.5 Å². The molecule has 0 aliphatic carbocycles. The predicted octanol–water partition coefficient (Wildman–Crippen LogP) is 3.99. The van der Waals surface area contributed by atoms with E-state index in [4.69, 9.17) is 23.8 Å². The summed E-state index contributed by atoms with van der Waals surface area (Å²) in [5, 5.41) is 0.574. The molecule has 0 fully saturated rings. The highest BCUT2D eigenvalue weighted by atomic mass is 35.5. The van der Waals surface area contributed by atoms with Crippen LogP contribution in [0.4, 0.5) is 4.39 Å². The third kappa shape index (κ3) is 1.80. The molecule has 5 heteroatoms. The van der Waals surface area contributed by atoms with Gasteiger partial charge in [0, 0.05) is 28.9 Å². The first-order chi connectivity index (χ1) is 8.56. The molecule has 0 bridgehead atoms. The third-order valence-electron chi connectivity index (χ3n) is 3.54. The van der Waals surface area contributed by atoms with Crippen LogP contribution in [-0.4, -0.2) is 9.55 Å². The van der Waals surface area contributed by atoms with Gasteiger partial charge in [0.15, 0.2) is 4.77 Å². The second kappa shape index (κ2) is 4.21. The number of rotatable bonds is 1. The van der Waals surface area contributed by atoms with E-state index >= 15 is 0 Å². The molecule has 1 aromatic carbocycles. The van der Waals surface area contributed by atoms with E-state index in [0.29, 0.717) is 15.4 Å². The number of aromatic amines is 1. The lowest BCUT2D eigenvalue weighted by molar-refractivity contribution is 0.563. The maximum Gasteiger partial charge on any atom is 0.177 e. The van der Waals surface area contributed by atoms with Crippen molar-refractivity contribution in [3.05, 3.63) is 50.8 Å². The molecule has 1 atom stereocenters. The van der Waals surface area contributed by atoms with Crippen molar-refractivity contribution in [2.45, 2.75) is 25.8 Å². The topological polar surface area (TPSA) is 20.7 Å². The average molecular weight is 283 g/mol. The SMILES string of the molecule is Cc1[nH]c(=S)n2c1C[C@@H](c1cc(Cl)ccc1F)C2. The van der Waals surface area contributed by atoms with Crippen molar-refractivity contribution in [2.24, 2.45) is 0 Å². The van der Waals surface area contributed by atoms with Crippen LogP contribution in [0.15, 0.2) is 18.2 Å². The molecule has 2 nitrogen and oxygen atoms in total. The third-order valence-corrected chi connectivity index (χ3v) is 4.10. The first-order valence-electron chi connectivity index (χ1n) is 5.79. The molecule has 94 valence electrons. The molecule has 0 saturated carbocycles. The number of hydrogen-bond donors (Lipinski definition) is 1. The van der Waals surface area contributed by atoms with Crippen molar-refractivity contribution in [3.8, 4) is 0 Å². The summed E-state index contributed by atoms with van der Waals surface area (Å²) in [4.78, 5) is 3.13. The summed E-state index contributed by atoms with van der Waals surface area (Å²) in [6.07, 6.45) is 0.802. The van der Waals surface area contributed by atoms with Gasteiger partial charge in [-0.25, -0.2) is 4.39 Å². The normalized spacial score (nSPS) is 18.1. The molecule has 0 saturated heterocycles. The molecule has 3 rings (SSSR count). The van der Waals surface area contributed by atoms with Gasteiger partial charge in [-0.15, -0.1) is 0 Å².